The van der Waals surface area contributed by atoms with Crippen LogP contribution < -0.4 is 10.1 Å². The van der Waals surface area contributed by atoms with Gasteiger partial charge in [-0.15, -0.1) is 0 Å². The fraction of sp³-hybridized carbons (Fsp3) is 0.0870. The van der Waals surface area contributed by atoms with Crippen LogP contribution >= 0.6 is 0 Å². The summed E-state index contributed by atoms with van der Waals surface area (Å²) in [6.45, 7) is 1.64. The second kappa shape index (κ2) is 8.57. The highest BCUT2D eigenvalue weighted by molar-refractivity contribution is 5.94. The van der Waals surface area contributed by atoms with Gasteiger partial charge in [0.15, 0.2) is 11.9 Å². The van der Waals surface area contributed by atoms with Gasteiger partial charge in [0.2, 0.25) is 0 Å². The first-order chi connectivity index (χ1) is 14.6. The summed E-state index contributed by atoms with van der Waals surface area (Å²) in [4.78, 5) is 16.2. The maximum Gasteiger partial charge on any atom is 0.265 e. The van der Waals surface area contributed by atoms with Crippen LogP contribution in [0.3, 0.4) is 0 Å². The number of aromatic nitrogens is 3. The van der Waals surface area contributed by atoms with Crippen LogP contribution in [0.2, 0.25) is 0 Å². The van der Waals surface area contributed by atoms with Crippen molar-refractivity contribution in [3.63, 3.8) is 0 Å². The normalized spacial score (nSPS) is 11.7. The van der Waals surface area contributed by atoms with Crippen LogP contribution in [0, 0.1) is 5.82 Å². The Hall–Kier alpha value is -4.00. The number of anilines is 1. The lowest BCUT2D eigenvalue weighted by atomic mass is 10.1. The summed E-state index contributed by atoms with van der Waals surface area (Å²) in [6.07, 6.45) is 1.96. The molecule has 0 fully saturated rings. The van der Waals surface area contributed by atoms with Crippen molar-refractivity contribution in [2.45, 2.75) is 13.0 Å². The Bertz CT molecular complexity index is 1130. The van der Waals surface area contributed by atoms with Gasteiger partial charge in [-0.2, -0.15) is 5.10 Å². The summed E-state index contributed by atoms with van der Waals surface area (Å²) < 4.78 is 21.4. The first-order valence-electron chi connectivity index (χ1n) is 9.38. The predicted molar refractivity (Wildman–Crippen MR) is 112 cm³/mol. The highest BCUT2D eigenvalue weighted by Gasteiger charge is 2.16. The maximum atomic E-state index is 14.3. The van der Waals surface area contributed by atoms with Crippen molar-refractivity contribution < 1.29 is 13.9 Å². The molecule has 1 atom stereocenters. The van der Waals surface area contributed by atoms with Gasteiger partial charge in [-0.1, -0.05) is 42.5 Å². The van der Waals surface area contributed by atoms with Gasteiger partial charge in [-0.05, 0) is 48.4 Å². The van der Waals surface area contributed by atoms with Gasteiger partial charge in [0.1, 0.15) is 24.1 Å². The van der Waals surface area contributed by atoms with Gasteiger partial charge in [0.25, 0.3) is 5.91 Å². The minimum Gasteiger partial charge on any atom is -0.481 e. The molecule has 1 unspecified atom stereocenters. The summed E-state index contributed by atoms with van der Waals surface area (Å²) in [5.74, 6) is -0.330. The first-order valence-corrected chi connectivity index (χ1v) is 9.38. The molecule has 4 rings (SSSR count). The molecule has 0 aliphatic rings. The molecule has 1 aromatic heterocycles. The molecule has 150 valence electrons. The third-order valence-electron chi connectivity index (χ3n) is 4.52. The van der Waals surface area contributed by atoms with E-state index in [1.165, 1.54) is 29.5 Å². The van der Waals surface area contributed by atoms with Crippen LogP contribution in [-0.2, 0) is 4.79 Å². The minimum absolute atomic E-state index is 0.244. The Balaban J connectivity index is 1.39. The van der Waals surface area contributed by atoms with Gasteiger partial charge < -0.3 is 10.1 Å². The number of ether oxygens (including phenoxy) is 1. The Kier molecular flexibility index (Phi) is 5.52. The average Bonchev–Trinajstić information content (AvgIpc) is 3.29. The summed E-state index contributed by atoms with van der Waals surface area (Å²) >= 11 is 0. The van der Waals surface area contributed by atoms with E-state index in [0.29, 0.717) is 11.4 Å². The summed E-state index contributed by atoms with van der Waals surface area (Å²) in [6, 6.07) is 21.8. The van der Waals surface area contributed by atoms with Gasteiger partial charge in [0, 0.05) is 5.69 Å². The number of nitrogens with zero attached hydrogens (tertiary/aromatic N) is 3. The quantitative estimate of drug-likeness (QED) is 0.516. The molecule has 0 aliphatic heterocycles. The number of nitrogens with one attached hydrogen (secondary N) is 1. The van der Waals surface area contributed by atoms with Crippen molar-refractivity contribution in [1.82, 2.24) is 14.8 Å². The molecular formula is C23H19FN4O2. The fourth-order valence-electron chi connectivity index (χ4n) is 2.96. The molecule has 0 bridgehead atoms. The van der Waals surface area contributed by atoms with Gasteiger partial charge in [0.05, 0.1) is 0 Å². The summed E-state index contributed by atoms with van der Waals surface area (Å²) in [5.41, 5.74) is 2.73. The molecule has 6 nitrogen and oxygen atoms in total. The highest BCUT2D eigenvalue weighted by Crippen LogP contribution is 2.23. The van der Waals surface area contributed by atoms with Crippen LogP contribution in [-0.4, -0.2) is 26.8 Å². The molecule has 1 N–H and O–H groups in total. The van der Waals surface area contributed by atoms with Crippen molar-refractivity contribution in [3.8, 4) is 22.6 Å². The molecule has 30 heavy (non-hydrogen) atoms. The standard InChI is InChI=1S/C23H19FN4O2/c1-16(30-20-10-7-18(8-11-20)17-5-3-2-4-6-17)23(29)27-19-9-12-22(21(24)13-19)28-15-25-14-26-28/h2-16H,1H3,(H,27,29). The zero-order valence-corrected chi connectivity index (χ0v) is 16.2. The van der Waals surface area contributed by atoms with E-state index in [4.69, 9.17) is 4.74 Å². The number of amides is 1. The van der Waals surface area contributed by atoms with Crippen LogP contribution in [0.15, 0.2) is 85.5 Å². The average molecular weight is 402 g/mol. The van der Waals surface area contributed by atoms with E-state index in [1.807, 2.05) is 54.6 Å². The van der Waals surface area contributed by atoms with Crippen molar-refractivity contribution in [2.75, 3.05) is 5.32 Å². The SMILES string of the molecule is CC(Oc1ccc(-c2ccccc2)cc1)C(=O)Nc1ccc(-n2cncn2)c(F)c1. The Morgan fingerprint density at radius 2 is 1.77 bits per heavy atom. The lowest BCUT2D eigenvalue weighted by Crippen LogP contribution is -2.30. The zero-order chi connectivity index (χ0) is 20.9. The lowest BCUT2D eigenvalue weighted by Gasteiger charge is -2.15. The second-order valence-corrected chi connectivity index (χ2v) is 6.65. The zero-order valence-electron chi connectivity index (χ0n) is 16.2. The first kappa shape index (κ1) is 19.3. The third kappa shape index (κ3) is 4.35. The number of carbonyl (C=O) groups excluding carboxylic acids is 1. The highest BCUT2D eigenvalue weighted by atomic mass is 19.1. The van der Waals surface area contributed by atoms with Crippen molar-refractivity contribution in [2.24, 2.45) is 0 Å². The van der Waals surface area contributed by atoms with E-state index >= 15 is 0 Å². The molecule has 3 aromatic carbocycles. The van der Waals surface area contributed by atoms with Crippen molar-refractivity contribution in [1.29, 1.82) is 0 Å². The third-order valence-corrected chi connectivity index (χ3v) is 4.52. The van der Waals surface area contributed by atoms with E-state index in [0.717, 1.165) is 11.1 Å². The molecule has 0 spiro atoms. The monoisotopic (exact) mass is 402 g/mol. The molecule has 0 saturated carbocycles. The van der Waals surface area contributed by atoms with E-state index < -0.39 is 11.9 Å². The molecule has 0 aliphatic carbocycles. The predicted octanol–water partition coefficient (Wildman–Crippen LogP) is 4.48. The van der Waals surface area contributed by atoms with Crippen molar-refractivity contribution in [3.05, 3.63) is 91.3 Å². The van der Waals surface area contributed by atoms with Crippen LogP contribution in [0.25, 0.3) is 16.8 Å². The molecule has 1 heterocycles. The van der Waals surface area contributed by atoms with Crippen molar-refractivity contribution >= 4 is 11.6 Å². The number of carbonyl (C=O) groups is 1. The molecule has 0 radical (unpaired) electrons. The number of halogens is 1. The Morgan fingerprint density at radius 3 is 2.43 bits per heavy atom. The van der Waals surface area contributed by atoms with E-state index in [9.17, 15) is 9.18 Å². The number of hydrogen-bond donors (Lipinski definition) is 1. The molecular weight excluding hydrogens is 383 g/mol. The van der Waals surface area contributed by atoms with Gasteiger partial charge >= 0.3 is 0 Å². The van der Waals surface area contributed by atoms with Crippen LogP contribution in [0.5, 0.6) is 5.75 Å². The van der Waals surface area contributed by atoms with E-state index in [-0.39, 0.29) is 11.6 Å². The Morgan fingerprint density at radius 1 is 1.03 bits per heavy atom. The van der Waals surface area contributed by atoms with Gasteiger partial charge in [-0.25, -0.2) is 14.1 Å². The summed E-state index contributed by atoms with van der Waals surface area (Å²) in [7, 11) is 0. The Labute approximate surface area is 173 Å². The summed E-state index contributed by atoms with van der Waals surface area (Å²) in [5, 5.41) is 6.56. The number of hydrogen-bond acceptors (Lipinski definition) is 4. The number of rotatable bonds is 6. The maximum absolute atomic E-state index is 14.3. The van der Waals surface area contributed by atoms with Crippen LogP contribution in [0.4, 0.5) is 10.1 Å². The number of benzene rings is 3. The minimum atomic E-state index is -0.759. The van der Waals surface area contributed by atoms with E-state index in [2.05, 4.69) is 15.4 Å². The fourth-order valence-corrected chi connectivity index (χ4v) is 2.96. The van der Waals surface area contributed by atoms with Gasteiger partial charge in [-0.3, -0.25) is 4.79 Å². The molecule has 4 aromatic rings. The second-order valence-electron chi connectivity index (χ2n) is 6.65. The molecule has 1 amide bonds. The topological polar surface area (TPSA) is 69.0 Å². The smallest absolute Gasteiger partial charge is 0.265 e. The lowest BCUT2D eigenvalue weighted by molar-refractivity contribution is -0.122. The molecule has 0 saturated heterocycles. The largest absolute Gasteiger partial charge is 0.481 e. The molecule has 7 heteroatoms. The van der Waals surface area contributed by atoms with Crippen LogP contribution in [0.1, 0.15) is 6.92 Å². The van der Waals surface area contributed by atoms with E-state index in [1.54, 1.807) is 13.0 Å².